The molecule has 114 valence electrons. The van der Waals surface area contributed by atoms with Crippen LogP contribution in [0.5, 0.6) is 0 Å². The number of nitrogens with zero attached hydrogens (tertiary/aromatic N) is 1. The van der Waals surface area contributed by atoms with Gasteiger partial charge in [0, 0.05) is 0 Å². The number of hydrogen-bond donors (Lipinski definition) is 1. The highest BCUT2D eigenvalue weighted by Crippen LogP contribution is 2.15. The van der Waals surface area contributed by atoms with E-state index >= 15 is 0 Å². The first kappa shape index (κ1) is 18.4. The van der Waals surface area contributed by atoms with Crippen LogP contribution in [0, 0.1) is 0 Å². The molecule has 4 heteroatoms. The average molecular weight is 272 g/mol. The lowest BCUT2D eigenvalue weighted by Gasteiger charge is -2.29. The molecule has 1 N–H and O–H groups in total. The average Bonchev–Trinajstić information content (AvgIpc) is 2.41. The summed E-state index contributed by atoms with van der Waals surface area (Å²) in [5.74, 6) is -0.122. The van der Waals surface area contributed by atoms with Gasteiger partial charge >= 0.3 is 5.97 Å². The summed E-state index contributed by atoms with van der Waals surface area (Å²) >= 11 is 0. The lowest BCUT2D eigenvalue weighted by Crippen LogP contribution is -2.51. The maximum atomic E-state index is 12.1. The fourth-order valence-corrected chi connectivity index (χ4v) is 2.15. The number of carbonyl (C=O) groups is 1. The topological polar surface area (TPSA) is 41.6 Å². The van der Waals surface area contributed by atoms with E-state index in [4.69, 9.17) is 4.74 Å². The van der Waals surface area contributed by atoms with Crippen LogP contribution in [0.4, 0.5) is 0 Å². The van der Waals surface area contributed by atoms with E-state index in [9.17, 15) is 4.79 Å². The molecule has 0 spiro atoms. The van der Waals surface area contributed by atoms with Crippen LogP contribution in [0.15, 0.2) is 0 Å². The Morgan fingerprint density at radius 3 is 2.32 bits per heavy atom. The van der Waals surface area contributed by atoms with Crippen LogP contribution in [0.3, 0.4) is 0 Å². The molecule has 0 saturated carbocycles. The maximum Gasteiger partial charge on any atom is 0.326 e. The highest BCUT2D eigenvalue weighted by atomic mass is 16.5. The molecule has 0 aromatic heterocycles. The zero-order valence-corrected chi connectivity index (χ0v) is 13.4. The zero-order chi connectivity index (χ0) is 14.7. The number of nitrogens with one attached hydrogen (secondary N) is 1. The van der Waals surface area contributed by atoms with Gasteiger partial charge in [0.05, 0.1) is 6.61 Å². The molecule has 0 amide bonds. The van der Waals surface area contributed by atoms with Gasteiger partial charge in [-0.25, -0.2) is 0 Å². The standard InChI is InChI=1S/C15H32N2O2/c1-6-12-16-15(5,14(18)19-9-4)11-10-13-17(7-2)8-3/h16H,6-13H2,1-5H3. The molecule has 0 aromatic rings. The van der Waals surface area contributed by atoms with E-state index in [0.29, 0.717) is 6.61 Å². The van der Waals surface area contributed by atoms with E-state index in [0.717, 1.165) is 45.4 Å². The third kappa shape index (κ3) is 6.92. The first-order valence-corrected chi connectivity index (χ1v) is 7.68. The van der Waals surface area contributed by atoms with Crippen LogP contribution in [-0.4, -0.2) is 49.2 Å². The molecule has 0 heterocycles. The third-order valence-corrected chi connectivity index (χ3v) is 3.54. The first-order chi connectivity index (χ1) is 9.03. The highest BCUT2D eigenvalue weighted by Gasteiger charge is 2.33. The molecule has 4 nitrogen and oxygen atoms in total. The van der Waals surface area contributed by atoms with Crippen LogP contribution in [0.2, 0.25) is 0 Å². The van der Waals surface area contributed by atoms with Crippen LogP contribution in [0.25, 0.3) is 0 Å². The molecule has 1 unspecified atom stereocenters. The van der Waals surface area contributed by atoms with E-state index in [1.165, 1.54) is 0 Å². The minimum Gasteiger partial charge on any atom is -0.465 e. The smallest absolute Gasteiger partial charge is 0.326 e. The quantitative estimate of drug-likeness (QED) is 0.587. The normalized spacial score (nSPS) is 14.4. The Morgan fingerprint density at radius 1 is 1.21 bits per heavy atom. The van der Waals surface area contributed by atoms with Crippen LogP contribution >= 0.6 is 0 Å². The van der Waals surface area contributed by atoms with E-state index in [2.05, 4.69) is 31.0 Å². The molecule has 0 saturated heterocycles. The first-order valence-electron chi connectivity index (χ1n) is 7.68. The second kappa shape index (κ2) is 10.2. The Hall–Kier alpha value is -0.610. The molecule has 0 aliphatic heterocycles. The van der Waals surface area contributed by atoms with E-state index in [1.54, 1.807) is 0 Å². The maximum absolute atomic E-state index is 12.1. The van der Waals surface area contributed by atoms with Crippen molar-refractivity contribution in [1.29, 1.82) is 0 Å². The summed E-state index contributed by atoms with van der Waals surface area (Å²) in [6, 6.07) is 0. The van der Waals surface area contributed by atoms with Crippen LogP contribution < -0.4 is 5.32 Å². The van der Waals surface area contributed by atoms with Gasteiger partial charge in [-0.3, -0.25) is 4.79 Å². The van der Waals surface area contributed by atoms with Crippen LogP contribution in [0.1, 0.15) is 53.9 Å². The van der Waals surface area contributed by atoms with E-state index < -0.39 is 5.54 Å². The van der Waals surface area contributed by atoms with Crippen molar-refractivity contribution in [3.63, 3.8) is 0 Å². The van der Waals surface area contributed by atoms with Crippen molar-refractivity contribution < 1.29 is 9.53 Å². The summed E-state index contributed by atoms with van der Waals surface area (Å²) < 4.78 is 5.20. The Kier molecular flexibility index (Phi) is 9.88. The monoisotopic (exact) mass is 272 g/mol. The van der Waals surface area contributed by atoms with Gasteiger partial charge in [0.15, 0.2) is 0 Å². The number of ether oxygens (including phenoxy) is 1. The molecule has 19 heavy (non-hydrogen) atoms. The van der Waals surface area contributed by atoms with Crippen molar-refractivity contribution >= 4 is 5.97 Å². The SMILES string of the molecule is CCCNC(C)(CCCN(CC)CC)C(=O)OCC. The number of carbonyl (C=O) groups excluding carboxylic acids is 1. The number of esters is 1. The summed E-state index contributed by atoms with van der Waals surface area (Å²) in [5, 5.41) is 3.35. The number of rotatable bonds is 11. The Labute approximate surface area is 118 Å². The fourth-order valence-electron chi connectivity index (χ4n) is 2.15. The van der Waals surface area contributed by atoms with Crippen molar-refractivity contribution in [1.82, 2.24) is 10.2 Å². The lowest BCUT2D eigenvalue weighted by atomic mass is 9.95. The van der Waals surface area contributed by atoms with Gasteiger partial charge in [0.25, 0.3) is 0 Å². The van der Waals surface area contributed by atoms with Crippen molar-refractivity contribution in [2.75, 3.05) is 32.8 Å². The van der Waals surface area contributed by atoms with Crippen LogP contribution in [-0.2, 0) is 9.53 Å². The second-order valence-corrected chi connectivity index (χ2v) is 5.11. The Morgan fingerprint density at radius 2 is 1.84 bits per heavy atom. The summed E-state index contributed by atoms with van der Waals surface area (Å²) in [6.45, 7) is 14.7. The summed E-state index contributed by atoms with van der Waals surface area (Å²) in [5.41, 5.74) is -0.542. The van der Waals surface area contributed by atoms with Gasteiger partial charge in [0.1, 0.15) is 5.54 Å². The fraction of sp³-hybridized carbons (Fsp3) is 0.933. The lowest BCUT2D eigenvalue weighted by molar-refractivity contribution is -0.150. The molecular weight excluding hydrogens is 240 g/mol. The minimum absolute atomic E-state index is 0.122. The molecule has 0 aliphatic rings. The summed E-state index contributed by atoms with van der Waals surface area (Å²) in [7, 11) is 0. The van der Waals surface area contributed by atoms with Gasteiger partial charge in [-0.2, -0.15) is 0 Å². The third-order valence-electron chi connectivity index (χ3n) is 3.54. The zero-order valence-electron chi connectivity index (χ0n) is 13.4. The second-order valence-electron chi connectivity index (χ2n) is 5.11. The van der Waals surface area contributed by atoms with Crippen molar-refractivity contribution in [3.8, 4) is 0 Å². The van der Waals surface area contributed by atoms with Gasteiger partial charge in [-0.1, -0.05) is 20.8 Å². The molecular formula is C15H32N2O2. The predicted molar refractivity (Wildman–Crippen MR) is 80.4 cm³/mol. The molecule has 0 aliphatic carbocycles. The molecule has 0 aromatic carbocycles. The van der Waals surface area contributed by atoms with Crippen molar-refractivity contribution in [2.45, 2.75) is 59.4 Å². The van der Waals surface area contributed by atoms with Gasteiger partial charge in [-0.05, 0) is 59.3 Å². The molecule has 0 bridgehead atoms. The Balaban J connectivity index is 4.37. The minimum atomic E-state index is -0.542. The summed E-state index contributed by atoms with van der Waals surface area (Å²) in [6.07, 6.45) is 2.85. The molecule has 0 rings (SSSR count). The highest BCUT2D eigenvalue weighted by molar-refractivity contribution is 5.80. The van der Waals surface area contributed by atoms with Gasteiger partial charge in [0.2, 0.25) is 0 Å². The van der Waals surface area contributed by atoms with Crippen molar-refractivity contribution in [3.05, 3.63) is 0 Å². The van der Waals surface area contributed by atoms with E-state index in [1.807, 2.05) is 13.8 Å². The molecule has 1 atom stereocenters. The van der Waals surface area contributed by atoms with Gasteiger partial charge in [-0.15, -0.1) is 0 Å². The van der Waals surface area contributed by atoms with Crippen molar-refractivity contribution in [2.24, 2.45) is 0 Å². The van der Waals surface area contributed by atoms with Gasteiger partial charge < -0.3 is 15.0 Å². The number of hydrogen-bond acceptors (Lipinski definition) is 4. The molecule has 0 radical (unpaired) electrons. The van der Waals surface area contributed by atoms with E-state index in [-0.39, 0.29) is 5.97 Å². The largest absolute Gasteiger partial charge is 0.465 e. The predicted octanol–water partition coefficient (Wildman–Crippen LogP) is 2.43. The summed E-state index contributed by atoms with van der Waals surface area (Å²) in [4.78, 5) is 14.5. The Bertz CT molecular complexity index is 242. The molecule has 0 fully saturated rings.